The van der Waals surface area contributed by atoms with E-state index in [0.29, 0.717) is 18.7 Å². The lowest BCUT2D eigenvalue weighted by molar-refractivity contribution is -0.125. The zero-order valence-electron chi connectivity index (χ0n) is 13.9. The molecule has 1 aromatic heterocycles. The molecule has 0 aliphatic carbocycles. The third kappa shape index (κ3) is 3.83. The number of methoxy groups -OCH3 is 1. The van der Waals surface area contributed by atoms with Crippen molar-refractivity contribution in [3.05, 3.63) is 59.9 Å². The molecule has 6 nitrogen and oxygen atoms in total. The topological polar surface area (TPSA) is 79.1 Å². The number of hydrogen-bond acceptors (Lipinski definition) is 5. The molecule has 0 spiro atoms. The summed E-state index contributed by atoms with van der Waals surface area (Å²) < 4.78 is 4.90. The minimum atomic E-state index is -0.191. The minimum absolute atomic E-state index is 0.0490. The standard InChI is InChI=1S/C19H18N4O2/c1-25-19-21-10-14(11-22-19)7-8-18(24)23-12-16(9-20)17(13-23)15-5-3-2-4-6-15/h2-8,10-11,16-17H,12-13H2,1H3/b8-7+/t16-,17+/m1/s1. The van der Waals surface area contributed by atoms with Crippen LogP contribution in [0.2, 0.25) is 0 Å². The Labute approximate surface area is 146 Å². The molecule has 1 aromatic carbocycles. The number of hydrogen-bond donors (Lipinski definition) is 0. The number of nitrogens with zero attached hydrogens (tertiary/aromatic N) is 4. The van der Waals surface area contributed by atoms with Gasteiger partial charge in [-0.1, -0.05) is 30.3 Å². The van der Waals surface area contributed by atoms with Crippen molar-refractivity contribution < 1.29 is 9.53 Å². The molecule has 1 saturated heterocycles. The Morgan fingerprint density at radius 1 is 1.28 bits per heavy atom. The van der Waals surface area contributed by atoms with Crippen molar-refractivity contribution in [1.29, 1.82) is 5.26 Å². The Morgan fingerprint density at radius 3 is 2.64 bits per heavy atom. The first kappa shape index (κ1) is 16.7. The van der Waals surface area contributed by atoms with E-state index >= 15 is 0 Å². The summed E-state index contributed by atoms with van der Waals surface area (Å²) in [5.41, 5.74) is 1.81. The molecule has 2 aromatic rings. The minimum Gasteiger partial charge on any atom is -0.467 e. The molecule has 0 saturated carbocycles. The largest absolute Gasteiger partial charge is 0.467 e. The molecule has 6 heteroatoms. The molecule has 1 aliphatic heterocycles. The molecule has 3 rings (SSSR count). The van der Waals surface area contributed by atoms with E-state index in [-0.39, 0.29) is 23.8 Å². The first-order valence-corrected chi connectivity index (χ1v) is 7.99. The van der Waals surface area contributed by atoms with E-state index in [1.165, 1.54) is 13.2 Å². The zero-order valence-corrected chi connectivity index (χ0v) is 13.9. The molecule has 2 atom stereocenters. The second kappa shape index (κ2) is 7.58. The Kier molecular flexibility index (Phi) is 5.05. The highest BCUT2D eigenvalue weighted by Crippen LogP contribution is 2.32. The van der Waals surface area contributed by atoms with Gasteiger partial charge in [-0.15, -0.1) is 0 Å². The van der Waals surface area contributed by atoms with E-state index < -0.39 is 0 Å². The summed E-state index contributed by atoms with van der Waals surface area (Å²) >= 11 is 0. The lowest BCUT2D eigenvalue weighted by atomic mass is 9.90. The fourth-order valence-corrected chi connectivity index (χ4v) is 2.94. The quantitative estimate of drug-likeness (QED) is 0.801. The normalized spacial score (nSPS) is 19.8. The summed E-state index contributed by atoms with van der Waals surface area (Å²) in [7, 11) is 1.50. The molecule has 0 radical (unpaired) electrons. The predicted molar refractivity (Wildman–Crippen MR) is 92.5 cm³/mol. The smallest absolute Gasteiger partial charge is 0.316 e. The molecule has 1 fully saturated rings. The van der Waals surface area contributed by atoms with Gasteiger partial charge in [-0.2, -0.15) is 5.26 Å². The van der Waals surface area contributed by atoms with Crippen molar-refractivity contribution in [1.82, 2.24) is 14.9 Å². The van der Waals surface area contributed by atoms with Crippen LogP contribution in [-0.2, 0) is 4.79 Å². The van der Waals surface area contributed by atoms with E-state index in [2.05, 4.69) is 16.0 Å². The molecular weight excluding hydrogens is 316 g/mol. The van der Waals surface area contributed by atoms with Crippen LogP contribution in [0.25, 0.3) is 6.08 Å². The van der Waals surface area contributed by atoms with Crippen LogP contribution in [0, 0.1) is 17.2 Å². The van der Waals surface area contributed by atoms with Gasteiger partial charge in [0.2, 0.25) is 5.91 Å². The second-order valence-corrected chi connectivity index (χ2v) is 5.83. The van der Waals surface area contributed by atoms with Gasteiger partial charge in [0.05, 0.1) is 19.1 Å². The van der Waals surface area contributed by atoms with Crippen LogP contribution in [0.4, 0.5) is 0 Å². The Bertz CT molecular complexity index is 796. The van der Waals surface area contributed by atoms with Gasteiger partial charge < -0.3 is 9.64 Å². The average molecular weight is 334 g/mol. The molecular formula is C19H18N4O2. The molecule has 0 unspecified atom stereocenters. The number of amides is 1. The number of ether oxygens (including phenoxy) is 1. The van der Waals surface area contributed by atoms with Crippen molar-refractivity contribution in [3.63, 3.8) is 0 Å². The van der Waals surface area contributed by atoms with Crippen molar-refractivity contribution in [2.24, 2.45) is 5.92 Å². The van der Waals surface area contributed by atoms with Crippen molar-refractivity contribution in [2.75, 3.05) is 20.2 Å². The van der Waals surface area contributed by atoms with Crippen LogP contribution in [-0.4, -0.2) is 41.0 Å². The van der Waals surface area contributed by atoms with Crippen LogP contribution in [0.3, 0.4) is 0 Å². The highest BCUT2D eigenvalue weighted by Gasteiger charge is 2.35. The number of likely N-dealkylation sites (tertiary alicyclic amines) is 1. The van der Waals surface area contributed by atoms with Gasteiger partial charge in [-0.3, -0.25) is 4.79 Å². The lowest BCUT2D eigenvalue weighted by Crippen LogP contribution is -2.27. The number of carbonyl (C=O) groups is 1. The summed E-state index contributed by atoms with van der Waals surface area (Å²) in [5, 5.41) is 9.42. The Balaban J connectivity index is 1.68. The van der Waals surface area contributed by atoms with Crippen LogP contribution in [0.5, 0.6) is 6.01 Å². The van der Waals surface area contributed by atoms with E-state index in [9.17, 15) is 10.1 Å². The van der Waals surface area contributed by atoms with Gasteiger partial charge in [-0.05, 0) is 11.6 Å². The number of carbonyl (C=O) groups excluding carboxylic acids is 1. The van der Waals surface area contributed by atoms with Gasteiger partial charge in [0.25, 0.3) is 0 Å². The number of aromatic nitrogens is 2. The van der Waals surface area contributed by atoms with E-state index in [4.69, 9.17) is 4.74 Å². The third-order valence-electron chi connectivity index (χ3n) is 4.27. The second-order valence-electron chi connectivity index (χ2n) is 5.83. The van der Waals surface area contributed by atoms with Crippen molar-refractivity contribution >= 4 is 12.0 Å². The molecule has 0 N–H and O–H groups in total. The first-order chi connectivity index (χ1) is 12.2. The zero-order chi connectivity index (χ0) is 17.6. The summed E-state index contributed by atoms with van der Waals surface area (Å²) in [4.78, 5) is 22.2. The SMILES string of the molecule is COc1ncc(/C=C/C(=O)N2C[C@@H](C#N)[C@H](c3ccccc3)C2)cn1. The maximum atomic E-state index is 12.4. The van der Waals surface area contributed by atoms with E-state index in [0.717, 1.165) is 5.56 Å². The van der Waals surface area contributed by atoms with Crippen LogP contribution in [0.15, 0.2) is 48.8 Å². The van der Waals surface area contributed by atoms with Crippen LogP contribution < -0.4 is 4.74 Å². The van der Waals surface area contributed by atoms with E-state index in [1.54, 1.807) is 23.4 Å². The van der Waals surface area contributed by atoms with Gasteiger partial charge in [-0.25, -0.2) is 9.97 Å². The lowest BCUT2D eigenvalue weighted by Gasteiger charge is -2.14. The maximum Gasteiger partial charge on any atom is 0.316 e. The summed E-state index contributed by atoms with van der Waals surface area (Å²) in [6.07, 6.45) is 6.33. The first-order valence-electron chi connectivity index (χ1n) is 7.99. The van der Waals surface area contributed by atoms with Crippen molar-refractivity contribution in [3.8, 4) is 12.1 Å². The number of benzene rings is 1. The molecule has 1 amide bonds. The highest BCUT2D eigenvalue weighted by atomic mass is 16.5. The average Bonchev–Trinajstić information content (AvgIpc) is 3.12. The van der Waals surface area contributed by atoms with Gasteiger partial charge in [0.15, 0.2) is 0 Å². The van der Waals surface area contributed by atoms with Crippen molar-refractivity contribution in [2.45, 2.75) is 5.92 Å². The monoisotopic (exact) mass is 334 g/mol. The highest BCUT2D eigenvalue weighted by molar-refractivity contribution is 5.92. The van der Waals surface area contributed by atoms with Gasteiger partial charge in [0, 0.05) is 43.0 Å². The van der Waals surface area contributed by atoms with E-state index in [1.807, 2.05) is 30.3 Å². The Hall–Kier alpha value is -3.20. The summed E-state index contributed by atoms with van der Waals surface area (Å²) in [6, 6.07) is 12.5. The summed E-state index contributed by atoms with van der Waals surface area (Å²) in [6.45, 7) is 0.989. The number of nitriles is 1. The Morgan fingerprint density at radius 2 is 2.00 bits per heavy atom. The van der Waals surface area contributed by atoms with Crippen LogP contribution >= 0.6 is 0 Å². The predicted octanol–water partition coefficient (Wildman–Crippen LogP) is 2.26. The molecule has 1 aliphatic rings. The maximum absolute atomic E-state index is 12.4. The molecule has 2 heterocycles. The molecule has 0 bridgehead atoms. The summed E-state index contributed by atoms with van der Waals surface area (Å²) in [5.74, 6) is -0.258. The molecule has 25 heavy (non-hydrogen) atoms. The molecule has 126 valence electrons. The third-order valence-corrected chi connectivity index (χ3v) is 4.27. The van der Waals surface area contributed by atoms with Gasteiger partial charge in [0.1, 0.15) is 0 Å². The van der Waals surface area contributed by atoms with Gasteiger partial charge >= 0.3 is 6.01 Å². The fraction of sp³-hybridized carbons (Fsp3) is 0.263. The van der Waals surface area contributed by atoms with Crippen LogP contribution in [0.1, 0.15) is 17.0 Å². The fourth-order valence-electron chi connectivity index (χ4n) is 2.94. The number of rotatable bonds is 4.